The van der Waals surface area contributed by atoms with Crippen LogP contribution >= 0.6 is 0 Å². The van der Waals surface area contributed by atoms with E-state index in [9.17, 15) is 0 Å². The number of methoxy groups -OCH3 is 1. The zero-order chi connectivity index (χ0) is 14.8. The molecule has 1 N–H and O–H groups in total. The summed E-state index contributed by atoms with van der Waals surface area (Å²) in [6.07, 6.45) is 2.25. The summed E-state index contributed by atoms with van der Waals surface area (Å²) in [4.78, 5) is 0. The number of nitrogens with zero attached hydrogens (tertiary/aromatic N) is 1. The summed E-state index contributed by atoms with van der Waals surface area (Å²) in [7, 11) is 1.70. The van der Waals surface area contributed by atoms with Crippen LogP contribution in [0.4, 0.5) is 0 Å². The zero-order valence-corrected chi connectivity index (χ0v) is 13.5. The maximum Gasteiger partial charge on any atom is 0.0700 e. The van der Waals surface area contributed by atoms with E-state index in [1.54, 1.807) is 7.11 Å². The van der Waals surface area contributed by atoms with Gasteiger partial charge in [-0.25, -0.2) is 0 Å². The molecule has 0 aliphatic heterocycles. The van der Waals surface area contributed by atoms with E-state index in [0.717, 1.165) is 39.1 Å². The lowest BCUT2D eigenvalue weighted by Crippen LogP contribution is -2.16. The van der Waals surface area contributed by atoms with Crippen LogP contribution in [0.15, 0.2) is 6.07 Å². The molecular formula is C16H30N2O2. The van der Waals surface area contributed by atoms with Gasteiger partial charge in [-0.2, -0.15) is 0 Å². The average Bonchev–Trinajstić information content (AvgIpc) is 2.71. The first kappa shape index (κ1) is 17.2. The van der Waals surface area contributed by atoms with E-state index in [1.165, 1.54) is 17.0 Å². The number of aromatic nitrogens is 1. The second kappa shape index (κ2) is 9.97. The van der Waals surface area contributed by atoms with Crippen molar-refractivity contribution in [1.29, 1.82) is 0 Å². The van der Waals surface area contributed by atoms with Gasteiger partial charge in [0.05, 0.1) is 13.2 Å². The molecule has 4 nitrogen and oxygen atoms in total. The Morgan fingerprint density at radius 2 is 1.95 bits per heavy atom. The van der Waals surface area contributed by atoms with Crippen LogP contribution in [-0.2, 0) is 22.6 Å². The van der Waals surface area contributed by atoms with Gasteiger partial charge in [0.2, 0.25) is 0 Å². The van der Waals surface area contributed by atoms with E-state index in [-0.39, 0.29) is 0 Å². The highest BCUT2D eigenvalue weighted by molar-refractivity contribution is 5.26. The molecule has 0 aliphatic carbocycles. The molecule has 0 aromatic carbocycles. The maximum atomic E-state index is 5.44. The summed E-state index contributed by atoms with van der Waals surface area (Å²) < 4.78 is 12.7. The topological polar surface area (TPSA) is 35.4 Å². The van der Waals surface area contributed by atoms with Gasteiger partial charge in [-0.1, -0.05) is 0 Å². The van der Waals surface area contributed by atoms with Crippen LogP contribution in [0.5, 0.6) is 0 Å². The van der Waals surface area contributed by atoms with Crippen LogP contribution < -0.4 is 5.32 Å². The summed E-state index contributed by atoms with van der Waals surface area (Å²) in [6, 6.07) is 2.29. The Balaban J connectivity index is 2.10. The number of hydrogen-bond acceptors (Lipinski definition) is 3. The second-order valence-corrected chi connectivity index (χ2v) is 5.13. The van der Waals surface area contributed by atoms with Crippen LogP contribution in [0, 0.1) is 13.8 Å². The van der Waals surface area contributed by atoms with Crippen molar-refractivity contribution in [3.05, 3.63) is 23.0 Å². The molecular weight excluding hydrogens is 252 g/mol. The van der Waals surface area contributed by atoms with Crippen molar-refractivity contribution in [2.75, 3.05) is 33.5 Å². The summed E-state index contributed by atoms with van der Waals surface area (Å²) in [5, 5.41) is 3.52. The molecule has 0 unspecified atom stereocenters. The lowest BCUT2D eigenvalue weighted by molar-refractivity contribution is 0.0688. The highest BCUT2D eigenvalue weighted by Gasteiger charge is 2.06. The molecule has 0 fully saturated rings. The molecule has 4 heteroatoms. The molecule has 1 aromatic rings. The van der Waals surface area contributed by atoms with E-state index >= 15 is 0 Å². The van der Waals surface area contributed by atoms with Gasteiger partial charge in [0, 0.05) is 38.2 Å². The molecule has 0 radical (unpaired) electrons. The van der Waals surface area contributed by atoms with Crippen molar-refractivity contribution in [2.24, 2.45) is 0 Å². The number of hydrogen-bond donors (Lipinski definition) is 1. The first-order valence-electron chi connectivity index (χ1n) is 7.63. The minimum atomic E-state index is 0.686. The summed E-state index contributed by atoms with van der Waals surface area (Å²) >= 11 is 0. The van der Waals surface area contributed by atoms with Crippen LogP contribution in [-0.4, -0.2) is 38.0 Å². The van der Waals surface area contributed by atoms with Gasteiger partial charge in [-0.3, -0.25) is 0 Å². The molecule has 0 bridgehead atoms. The third-order valence-corrected chi connectivity index (χ3v) is 3.63. The van der Waals surface area contributed by atoms with Crippen LogP contribution in [0.25, 0.3) is 0 Å². The summed E-state index contributed by atoms with van der Waals surface area (Å²) in [6.45, 7) is 11.9. The van der Waals surface area contributed by atoms with Crippen LogP contribution in [0.3, 0.4) is 0 Å². The lowest BCUT2D eigenvalue weighted by Gasteiger charge is -2.07. The normalized spacial score (nSPS) is 11.2. The molecule has 1 rings (SSSR count). The number of unbranched alkanes of at least 4 members (excludes halogenated alkanes) is 1. The number of nitrogens with one attached hydrogen (secondary N) is 1. The molecule has 0 amide bonds. The smallest absolute Gasteiger partial charge is 0.0700 e. The predicted octanol–water partition coefficient (Wildman–Crippen LogP) is 2.66. The molecule has 0 saturated heterocycles. The minimum Gasteiger partial charge on any atom is -0.382 e. The highest BCUT2D eigenvalue weighted by Crippen LogP contribution is 2.14. The van der Waals surface area contributed by atoms with E-state index in [1.807, 2.05) is 0 Å². The molecule has 1 heterocycles. The quantitative estimate of drug-likeness (QED) is 0.634. The van der Waals surface area contributed by atoms with Crippen molar-refractivity contribution in [1.82, 2.24) is 9.88 Å². The predicted molar refractivity (Wildman–Crippen MR) is 83.2 cm³/mol. The Morgan fingerprint density at radius 1 is 1.15 bits per heavy atom. The Labute approximate surface area is 123 Å². The van der Waals surface area contributed by atoms with Gasteiger partial charge in [0.15, 0.2) is 0 Å². The van der Waals surface area contributed by atoms with Gasteiger partial charge >= 0.3 is 0 Å². The molecule has 0 spiro atoms. The zero-order valence-electron chi connectivity index (χ0n) is 13.5. The van der Waals surface area contributed by atoms with E-state index in [4.69, 9.17) is 9.47 Å². The fraction of sp³-hybridized carbons (Fsp3) is 0.750. The molecule has 0 aliphatic rings. The van der Waals surface area contributed by atoms with Gasteiger partial charge in [0.25, 0.3) is 0 Å². The van der Waals surface area contributed by atoms with E-state index < -0.39 is 0 Å². The highest BCUT2D eigenvalue weighted by atomic mass is 16.5. The maximum absolute atomic E-state index is 5.44. The van der Waals surface area contributed by atoms with Crippen molar-refractivity contribution < 1.29 is 9.47 Å². The van der Waals surface area contributed by atoms with Crippen molar-refractivity contribution in [3.63, 3.8) is 0 Å². The third kappa shape index (κ3) is 5.65. The minimum absolute atomic E-state index is 0.686. The summed E-state index contributed by atoms with van der Waals surface area (Å²) in [5.74, 6) is 0. The van der Waals surface area contributed by atoms with Crippen molar-refractivity contribution >= 4 is 0 Å². The Bertz CT molecular complexity index is 375. The van der Waals surface area contributed by atoms with Crippen molar-refractivity contribution in [2.45, 2.75) is 46.7 Å². The van der Waals surface area contributed by atoms with Gasteiger partial charge < -0.3 is 19.4 Å². The van der Waals surface area contributed by atoms with E-state index in [2.05, 4.69) is 36.7 Å². The largest absolute Gasteiger partial charge is 0.382 e. The number of aryl methyl sites for hydroxylation is 1. The molecule has 116 valence electrons. The average molecular weight is 282 g/mol. The van der Waals surface area contributed by atoms with Gasteiger partial charge in [-0.15, -0.1) is 0 Å². The first-order chi connectivity index (χ1) is 9.70. The Kier molecular flexibility index (Phi) is 8.58. The SMILES string of the molecule is CCn1c(C)cc(CNCCCCOCCOC)c1C. The third-order valence-electron chi connectivity index (χ3n) is 3.63. The fourth-order valence-electron chi connectivity index (χ4n) is 2.46. The summed E-state index contributed by atoms with van der Waals surface area (Å²) in [5.41, 5.74) is 4.16. The monoisotopic (exact) mass is 282 g/mol. The molecule has 0 atom stereocenters. The standard InChI is InChI=1S/C16H30N2O2/c1-5-18-14(2)12-16(15(18)3)13-17-8-6-7-9-20-11-10-19-4/h12,17H,5-11,13H2,1-4H3. The lowest BCUT2D eigenvalue weighted by atomic mass is 10.2. The molecule has 20 heavy (non-hydrogen) atoms. The first-order valence-corrected chi connectivity index (χ1v) is 7.63. The van der Waals surface area contributed by atoms with E-state index in [0.29, 0.717) is 13.2 Å². The molecule has 0 saturated carbocycles. The van der Waals surface area contributed by atoms with Gasteiger partial charge in [-0.05, 0) is 51.8 Å². The second-order valence-electron chi connectivity index (χ2n) is 5.13. The Morgan fingerprint density at radius 3 is 2.60 bits per heavy atom. The molecule has 1 aromatic heterocycles. The van der Waals surface area contributed by atoms with Crippen LogP contribution in [0.1, 0.15) is 36.7 Å². The fourth-order valence-corrected chi connectivity index (χ4v) is 2.46. The number of ether oxygens (including phenoxy) is 2. The van der Waals surface area contributed by atoms with Crippen molar-refractivity contribution in [3.8, 4) is 0 Å². The van der Waals surface area contributed by atoms with Gasteiger partial charge in [0.1, 0.15) is 0 Å². The number of rotatable bonds is 11. The Hall–Kier alpha value is -0.840. The van der Waals surface area contributed by atoms with Crippen LogP contribution in [0.2, 0.25) is 0 Å².